The van der Waals surface area contributed by atoms with E-state index in [1.54, 1.807) is 0 Å². The van der Waals surface area contributed by atoms with E-state index in [2.05, 4.69) is 19.9 Å². The van der Waals surface area contributed by atoms with Crippen LogP contribution < -0.4 is 0 Å². The van der Waals surface area contributed by atoms with Crippen LogP contribution in [-0.4, -0.2) is 17.8 Å². The van der Waals surface area contributed by atoms with Crippen molar-refractivity contribution >= 4 is 0 Å². The van der Waals surface area contributed by atoms with Gasteiger partial charge in [0, 0.05) is 6.61 Å². The number of aliphatic hydroxyl groups excluding tert-OH is 1. The number of ether oxygens (including phenoxy) is 1. The lowest BCUT2D eigenvalue weighted by atomic mass is 10.0. The maximum atomic E-state index is 10.3. The summed E-state index contributed by atoms with van der Waals surface area (Å²) in [6.07, 6.45) is 4.32. The summed E-state index contributed by atoms with van der Waals surface area (Å²) in [5.74, 6) is 0.510. The predicted octanol–water partition coefficient (Wildman–Crippen LogP) is 3.73. The highest BCUT2D eigenvalue weighted by molar-refractivity contribution is 5.20. The van der Waals surface area contributed by atoms with E-state index in [1.165, 1.54) is 0 Å². The van der Waals surface area contributed by atoms with Crippen molar-refractivity contribution in [3.63, 3.8) is 0 Å². The molecule has 1 aromatic carbocycles. The third-order valence-electron chi connectivity index (χ3n) is 3.08. The van der Waals surface area contributed by atoms with Crippen LogP contribution in [0.4, 0.5) is 0 Å². The van der Waals surface area contributed by atoms with Crippen molar-refractivity contribution in [2.24, 2.45) is 5.92 Å². The summed E-state index contributed by atoms with van der Waals surface area (Å²) in [6, 6.07) is 9.66. The SMILES string of the molecule is CCO[C@H](/C=C/C(C)CC)[C@@H](O)c1ccccc1. The summed E-state index contributed by atoms with van der Waals surface area (Å²) >= 11 is 0. The highest BCUT2D eigenvalue weighted by Gasteiger charge is 2.18. The largest absolute Gasteiger partial charge is 0.385 e. The highest BCUT2D eigenvalue weighted by atomic mass is 16.5. The molecule has 0 aliphatic carbocycles. The van der Waals surface area contributed by atoms with Gasteiger partial charge in [0.05, 0.1) is 0 Å². The second-order valence-corrected chi connectivity index (χ2v) is 4.55. The second kappa shape index (κ2) is 8.06. The number of rotatable bonds is 7. The fourth-order valence-electron chi connectivity index (χ4n) is 1.72. The smallest absolute Gasteiger partial charge is 0.109 e. The minimum absolute atomic E-state index is 0.272. The van der Waals surface area contributed by atoms with Crippen LogP contribution in [0.15, 0.2) is 42.5 Å². The number of hydrogen-bond donors (Lipinski definition) is 1. The van der Waals surface area contributed by atoms with Gasteiger partial charge in [-0.25, -0.2) is 0 Å². The Hall–Kier alpha value is -1.12. The summed E-state index contributed by atoms with van der Waals surface area (Å²) < 4.78 is 5.62. The molecule has 0 aliphatic heterocycles. The topological polar surface area (TPSA) is 29.5 Å². The van der Waals surface area contributed by atoms with E-state index in [0.717, 1.165) is 12.0 Å². The van der Waals surface area contributed by atoms with Gasteiger partial charge in [0.1, 0.15) is 12.2 Å². The molecule has 0 amide bonds. The molecule has 2 heteroatoms. The Balaban J connectivity index is 2.75. The summed E-state index contributed by atoms with van der Waals surface area (Å²) in [4.78, 5) is 0. The lowest BCUT2D eigenvalue weighted by molar-refractivity contribution is -0.00600. The average Bonchev–Trinajstić information content (AvgIpc) is 2.43. The van der Waals surface area contributed by atoms with Crippen LogP contribution in [0.3, 0.4) is 0 Å². The minimum Gasteiger partial charge on any atom is -0.385 e. The van der Waals surface area contributed by atoms with Gasteiger partial charge in [-0.2, -0.15) is 0 Å². The zero-order valence-electron chi connectivity index (χ0n) is 11.5. The fraction of sp³-hybridized carbons (Fsp3) is 0.500. The molecule has 1 unspecified atom stereocenters. The van der Waals surface area contributed by atoms with Gasteiger partial charge in [0.2, 0.25) is 0 Å². The van der Waals surface area contributed by atoms with Crippen LogP contribution in [0.5, 0.6) is 0 Å². The van der Waals surface area contributed by atoms with Gasteiger partial charge in [-0.15, -0.1) is 0 Å². The molecular formula is C16H24O2. The molecule has 0 saturated carbocycles. The van der Waals surface area contributed by atoms with E-state index in [1.807, 2.05) is 43.3 Å². The molecule has 1 rings (SSSR count). The van der Waals surface area contributed by atoms with Crippen LogP contribution in [0.25, 0.3) is 0 Å². The summed E-state index contributed by atoms with van der Waals surface area (Å²) in [5, 5.41) is 10.3. The molecule has 0 fully saturated rings. The Morgan fingerprint density at radius 2 is 1.83 bits per heavy atom. The summed E-state index contributed by atoms with van der Waals surface area (Å²) in [7, 11) is 0. The van der Waals surface area contributed by atoms with E-state index >= 15 is 0 Å². The molecule has 3 atom stereocenters. The standard InChI is InChI=1S/C16H24O2/c1-4-13(3)11-12-15(18-5-2)16(17)14-9-7-6-8-10-14/h6-13,15-17H,4-5H2,1-3H3/b12-11+/t13?,15-,16+/m1/s1. The van der Waals surface area contributed by atoms with Crippen molar-refractivity contribution in [1.29, 1.82) is 0 Å². The number of hydrogen-bond acceptors (Lipinski definition) is 2. The van der Waals surface area contributed by atoms with Gasteiger partial charge < -0.3 is 9.84 Å². The number of allylic oxidation sites excluding steroid dienone is 1. The Kier molecular flexibility index (Phi) is 6.69. The van der Waals surface area contributed by atoms with Crippen LogP contribution in [-0.2, 0) is 4.74 Å². The Morgan fingerprint density at radius 1 is 1.17 bits per heavy atom. The Labute approximate surface area is 110 Å². The zero-order valence-corrected chi connectivity index (χ0v) is 11.5. The molecular weight excluding hydrogens is 224 g/mol. The van der Waals surface area contributed by atoms with Crippen molar-refractivity contribution < 1.29 is 9.84 Å². The zero-order chi connectivity index (χ0) is 13.4. The average molecular weight is 248 g/mol. The molecule has 100 valence electrons. The molecule has 0 heterocycles. The Bertz CT molecular complexity index is 345. The molecule has 1 aromatic rings. The van der Waals surface area contributed by atoms with Crippen molar-refractivity contribution in [1.82, 2.24) is 0 Å². The monoisotopic (exact) mass is 248 g/mol. The summed E-state index contributed by atoms with van der Waals surface area (Å²) in [6.45, 7) is 6.86. The normalized spacial score (nSPS) is 16.7. The van der Waals surface area contributed by atoms with E-state index in [4.69, 9.17) is 4.74 Å². The molecule has 18 heavy (non-hydrogen) atoms. The quantitative estimate of drug-likeness (QED) is 0.745. The molecule has 0 saturated heterocycles. The third-order valence-corrected chi connectivity index (χ3v) is 3.08. The van der Waals surface area contributed by atoms with Crippen LogP contribution in [0, 0.1) is 5.92 Å². The van der Waals surface area contributed by atoms with Gasteiger partial charge in [-0.3, -0.25) is 0 Å². The summed E-state index contributed by atoms with van der Waals surface area (Å²) in [5.41, 5.74) is 0.893. The first-order valence-electron chi connectivity index (χ1n) is 6.72. The van der Waals surface area contributed by atoms with Gasteiger partial charge in [0.25, 0.3) is 0 Å². The molecule has 1 N–H and O–H groups in total. The van der Waals surface area contributed by atoms with Gasteiger partial charge in [-0.1, -0.05) is 62.8 Å². The lowest BCUT2D eigenvalue weighted by Crippen LogP contribution is -2.20. The van der Waals surface area contributed by atoms with Crippen molar-refractivity contribution in [3.05, 3.63) is 48.0 Å². The molecule has 0 aliphatic rings. The maximum absolute atomic E-state index is 10.3. The molecule has 0 spiro atoms. The van der Waals surface area contributed by atoms with Crippen molar-refractivity contribution in [2.75, 3.05) is 6.61 Å². The molecule has 0 aromatic heterocycles. The first kappa shape index (κ1) is 14.9. The van der Waals surface area contributed by atoms with Gasteiger partial charge in [-0.05, 0) is 18.4 Å². The van der Waals surface area contributed by atoms with E-state index in [-0.39, 0.29) is 6.10 Å². The number of benzene rings is 1. The third kappa shape index (κ3) is 4.63. The van der Waals surface area contributed by atoms with E-state index in [0.29, 0.717) is 12.5 Å². The molecule has 0 radical (unpaired) electrons. The lowest BCUT2D eigenvalue weighted by Gasteiger charge is -2.20. The van der Waals surface area contributed by atoms with Crippen LogP contribution in [0.1, 0.15) is 38.9 Å². The first-order chi connectivity index (χ1) is 8.69. The van der Waals surface area contributed by atoms with E-state index < -0.39 is 6.10 Å². The molecule has 2 nitrogen and oxygen atoms in total. The Morgan fingerprint density at radius 3 is 2.39 bits per heavy atom. The number of aliphatic hydroxyl groups is 1. The predicted molar refractivity (Wildman–Crippen MR) is 75.4 cm³/mol. The van der Waals surface area contributed by atoms with E-state index in [9.17, 15) is 5.11 Å². The van der Waals surface area contributed by atoms with Crippen LogP contribution >= 0.6 is 0 Å². The second-order valence-electron chi connectivity index (χ2n) is 4.55. The fourth-order valence-corrected chi connectivity index (χ4v) is 1.72. The van der Waals surface area contributed by atoms with Crippen LogP contribution in [0.2, 0.25) is 0 Å². The van der Waals surface area contributed by atoms with Crippen molar-refractivity contribution in [3.8, 4) is 0 Å². The first-order valence-corrected chi connectivity index (χ1v) is 6.72. The molecule has 0 bridgehead atoms. The highest BCUT2D eigenvalue weighted by Crippen LogP contribution is 2.20. The minimum atomic E-state index is -0.605. The van der Waals surface area contributed by atoms with Crippen molar-refractivity contribution in [2.45, 2.75) is 39.4 Å². The van der Waals surface area contributed by atoms with Gasteiger partial charge in [0.15, 0.2) is 0 Å². The maximum Gasteiger partial charge on any atom is 0.109 e. The van der Waals surface area contributed by atoms with Gasteiger partial charge >= 0.3 is 0 Å².